The largest absolute Gasteiger partial charge is 0.486 e. The number of carbonyl (C=O) groups is 2. The minimum Gasteiger partial charge on any atom is -0.486 e. The molecule has 3 atom stereocenters. The number of amides is 2. The van der Waals surface area contributed by atoms with Crippen molar-refractivity contribution in [2.75, 3.05) is 26.3 Å². The Balaban J connectivity index is 1.42. The third-order valence-electron chi connectivity index (χ3n) is 6.06. The van der Waals surface area contributed by atoms with E-state index in [9.17, 15) is 9.59 Å². The zero-order valence-corrected chi connectivity index (χ0v) is 15.7. The lowest BCUT2D eigenvalue weighted by Gasteiger charge is -2.23. The first kappa shape index (κ1) is 17.1. The average molecular weight is 378 g/mol. The van der Waals surface area contributed by atoms with E-state index < -0.39 is 0 Å². The molecule has 2 amide bonds. The molecule has 0 unspecified atom stereocenters. The molecule has 0 radical (unpaired) electrons. The van der Waals surface area contributed by atoms with E-state index >= 15 is 0 Å². The van der Waals surface area contributed by atoms with E-state index in [4.69, 9.17) is 9.47 Å². The molecule has 1 saturated heterocycles. The molecular formula is C22H22N2O4. The number of carbonyl (C=O) groups excluding carboxylic acids is 2. The summed E-state index contributed by atoms with van der Waals surface area (Å²) in [5, 5.41) is 3.22. The Morgan fingerprint density at radius 1 is 1.00 bits per heavy atom. The zero-order chi connectivity index (χ0) is 19.3. The first-order valence-electron chi connectivity index (χ1n) is 9.66. The molecule has 0 aromatic heterocycles. The van der Waals surface area contributed by atoms with Crippen molar-refractivity contribution in [3.63, 3.8) is 0 Å². The van der Waals surface area contributed by atoms with E-state index in [0.29, 0.717) is 43.4 Å². The standard InChI is InChI=1S/C22H22N2O4/c1-13(25)24-11-17-15-4-2-3-5-16(15)21(18(17)12-24)23-22(26)14-6-7-19-20(10-14)28-9-8-27-19/h2-7,10,17-18,21H,8-9,11-12H2,1H3,(H,23,26)/t17-,18-,21-/m0/s1. The second-order valence-electron chi connectivity index (χ2n) is 7.63. The van der Waals surface area contributed by atoms with Gasteiger partial charge in [0.1, 0.15) is 13.2 Å². The van der Waals surface area contributed by atoms with E-state index in [-0.39, 0.29) is 29.7 Å². The Morgan fingerprint density at radius 3 is 2.54 bits per heavy atom. The summed E-state index contributed by atoms with van der Waals surface area (Å²) in [5.41, 5.74) is 2.95. The van der Waals surface area contributed by atoms with Crippen LogP contribution in [0.3, 0.4) is 0 Å². The fourth-order valence-electron chi connectivity index (χ4n) is 4.71. The van der Waals surface area contributed by atoms with Gasteiger partial charge in [0, 0.05) is 37.4 Å². The molecule has 6 heteroatoms. The summed E-state index contributed by atoms with van der Waals surface area (Å²) in [6.45, 7) is 4.00. The lowest BCUT2D eigenvalue weighted by Crippen LogP contribution is -2.34. The van der Waals surface area contributed by atoms with Crippen LogP contribution in [0, 0.1) is 5.92 Å². The van der Waals surface area contributed by atoms with Crippen LogP contribution in [0.25, 0.3) is 0 Å². The Labute approximate surface area is 163 Å². The normalized spacial score (nSPS) is 24.5. The first-order chi connectivity index (χ1) is 13.6. The van der Waals surface area contributed by atoms with E-state index in [0.717, 1.165) is 5.56 Å². The van der Waals surface area contributed by atoms with E-state index in [1.165, 1.54) is 5.56 Å². The van der Waals surface area contributed by atoms with Crippen molar-refractivity contribution in [2.45, 2.75) is 18.9 Å². The molecule has 0 bridgehead atoms. The molecule has 6 nitrogen and oxygen atoms in total. The number of nitrogens with one attached hydrogen (secondary N) is 1. The van der Waals surface area contributed by atoms with Crippen molar-refractivity contribution in [1.29, 1.82) is 0 Å². The number of benzene rings is 2. The predicted octanol–water partition coefficient (Wildman–Crippen LogP) is 2.50. The summed E-state index contributed by atoms with van der Waals surface area (Å²) < 4.78 is 11.1. The van der Waals surface area contributed by atoms with Gasteiger partial charge < -0.3 is 19.7 Å². The highest BCUT2D eigenvalue weighted by Gasteiger charge is 2.47. The molecule has 2 aliphatic heterocycles. The topological polar surface area (TPSA) is 67.9 Å². The van der Waals surface area contributed by atoms with E-state index in [2.05, 4.69) is 17.4 Å². The summed E-state index contributed by atoms with van der Waals surface area (Å²) in [6, 6.07) is 13.4. The van der Waals surface area contributed by atoms with Crippen LogP contribution in [-0.2, 0) is 4.79 Å². The Bertz CT molecular complexity index is 957. The molecule has 28 heavy (non-hydrogen) atoms. The van der Waals surface area contributed by atoms with Gasteiger partial charge in [-0.3, -0.25) is 9.59 Å². The van der Waals surface area contributed by atoms with Gasteiger partial charge in [-0.05, 0) is 29.3 Å². The highest BCUT2D eigenvalue weighted by Crippen LogP contribution is 2.49. The van der Waals surface area contributed by atoms with Crippen LogP contribution < -0.4 is 14.8 Å². The smallest absolute Gasteiger partial charge is 0.251 e. The van der Waals surface area contributed by atoms with E-state index in [1.807, 2.05) is 17.0 Å². The maximum Gasteiger partial charge on any atom is 0.251 e. The average Bonchev–Trinajstić information content (AvgIpc) is 3.27. The SMILES string of the molecule is CC(=O)N1C[C@H]2[C@@H](C1)c1ccccc1[C@@H]2NC(=O)c1ccc2c(c1)OCCO2. The highest BCUT2D eigenvalue weighted by molar-refractivity contribution is 5.95. The Hall–Kier alpha value is -3.02. The quantitative estimate of drug-likeness (QED) is 0.872. The van der Waals surface area contributed by atoms with Gasteiger partial charge in [0.2, 0.25) is 5.91 Å². The van der Waals surface area contributed by atoms with Crippen molar-refractivity contribution in [1.82, 2.24) is 10.2 Å². The van der Waals surface area contributed by atoms with Crippen LogP contribution in [-0.4, -0.2) is 43.0 Å². The number of fused-ring (bicyclic) bond motifs is 4. The third-order valence-corrected chi connectivity index (χ3v) is 6.06. The maximum atomic E-state index is 13.0. The summed E-state index contributed by atoms with van der Waals surface area (Å²) >= 11 is 0. The molecule has 1 aliphatic carbocycles. The van der Waals surface area contributed by atoms with Crippen molar-refractivity contribution in [3.05, 3.63) is 59.2 Å². The second-order valence-corrected chi connectivity index (χ2v) is 7.63. The fourth-order valence-corrected chi connectivity index (χ4v) is 4.71. The van der Waals surface area contributed by atoms with Crippen molar-refractivity contribution >= 4 is 11.8 Å². The van der Waals surface area contributed by atoms with Crippen LogP contribution in [0.4, 0.5) is 0 Å². The monoisotopic (exact) mass is 378 g/mol. The van der Waals surface area contributed by atoms with Gasteiger partial charge in [-0.1, -0.05) is 24.3 Å². The van der Waals surface area contributed by atoms with Gasteiger partial charge in [0.05, 0.1) is 6.04 Å². The Morgan fingerprint density at radius 2 is 1.75 bits per heavy atom. The van der Waals surface area contributed by atoms with Gasteiger partial charge in [-0.2, -0.15) is 0 Å². The Kier molecular flexibility index (Phi) is 4.00. The molecule has 3 aliphatic rings. The van der Waals surface area contributed by atoms with Crippen molar-refractivity contribution < 1.29 is 19.1 Å². The molecule has 0 saturated carbocycles. The fraction of sp³-hybridized carbons (Fsp3) is 0.364. The molecule has 5 rings (SSSR count). The highest BCUT2D eigenvalue weighted by atomic mass is 16.6. The number of hydrogen-bond acceptors (Lipinski definition) is 4. The first-order valence-corrected chi connectivity index (χ1v) is 9.66. The van der Waals surface area contributed by atoms with Gasteiger partial charge in [-0.15, -0.1) is 0 Å². The van der Waals surface area contributed by atoms with Gasteiger partial charge in [-0.25, -0.2) is 0 Å². The number of likely N-dealkylation sites (tertiary alicyclic amines) is 1. The number of ether oxygens (including phenoxy) is 2. The molecule has 1 fully saturated rings. The van der Waals surface area contributed by atoms with Gasteiger partial charge in [0.15, 0.2) is 11.5 Å². The van der Waals surface area contributed by atoms with E-state index in [1.54, 1.807) is 25.1 Å². The summed E-state index contributed by atoms with van der Waals surface area (Å²) in [4.78, 5) is 26.8. The minimum atomic E-state index is -0.140. The van der Waals surface area contributed by atoms with Crippen LogP contribution >= 0.6 is 0 Å². The van der Waals surface area contributed by atoms with Gasteiger partial charge >= 0.3 is 0 Å². The van der Waals surface area contributed by atoms with Crippen LogP contribution in [0.5, 0.6) is 11.5 Å². The molecule has 1 N–H and O–H groups in total. The van der Waals surface area contributed by atoms with Crippen LogP contribution in [0.15, 0.2) is 42.5 Å². The third kappa shape index (κ3) is 2.71. The zero-order valence-electron chi connectivity index (χ0n) is 15.7. The predicted molar refractivity (Wildman–Crippen MR) is 103 cm³/mol. The molecule has 144 valence electrons. The molecular weight excluding hydrogens is 356 g/mol. The number of hydrogen-bond donors (Lipinski definition) is 1. The molecule has 2 aromatic rings. The lowest BCUT2D eigenvalue weighted by molar-refractivity contribution is -0.128. The maximum absolute atomic E-state index is 13.0. The van der Waals surface area contributed by atoms with Crippen LogP contribution in [0.2, 0.25) is 0 Å². The molecule has 0 spiro atoms. The van der Waals surface area contributed by atoms with Gasteiger partial charge in [0.25, 0.3) is 5.91 Å². The summed E-state index contributed by atoms with van der Waals surface area (Å²) in [6.07, 6.45) is 0. The van der Waals surface area contributed by atoms with Crippen LogP contribution in [0.1, 0.15) is 40.4 Å². The number of nitrogens with zero attached hydrogens (tertiary/aromatic N) is 1. The molecule has 2 heterocycles. The lowest BCUT2D eigenvalue weighted by atomic mass is 9.94. The second kappa shape index (κ2) is 6.55. The molecule has 2 aromatic carbocycles. The van der Waals surface area contributed by atoms with Crippen molar-refractivity contribution in [2.24, 2.45) is 5.92 Å². The van der Waals surface area contributed by atoms with Crippen molar-refractivity contribution in [3.8, 4) is 11.5 Å². The number of rotatable bonds is 2. The summed E-state index contributed by atoms with van der Waals surface area (Å²) in [7, 11) is 0. The summed E-state index contributed by atoms with van der Waals surface area (Å²) in [5.74, 6) is 1.69. The minimum absolute atomic E-state index is 0.0868.